The summed E-state index contributed by atoms with van der Waals surface area (Å²) in [5.74, 6) is -0.914. The first-order valence-corrected chi connectivity index (χ1v) is 6.70. The van der Waals surface area contributed by atoms with Crippen LogP contribution in [0.25, 0.3) is 0 Å². The predicted molar refractivity (Wildman–Crippen MR) is 72.4 cm³/mol. The summed E-state index contributed by atoms with van der Waals surface area (Å²) in [5.41, 5.74) is -0.448. The zero-order valence-electron chi connectivity index (χ0n) is 10.9. The highest BCUT2D eigenvalue weighted by molar-refractivity contribution is 6.21. The summed E-state index contributed by atoms with van der Waals surface area (Å²) in [6, 6.07) is 2.89. The molecule has 1 fully saturated rings. The molecule has 1 aromatic carbocycles. The van der Waals surface area contributed by atoms with E-state index in [1.165, 1.54) is 4.90 Å². The second kappa shape index (κ2) is 5.75. The van der Waals surface area contributed by atoms with Crippen molar-refractivity contribution in [2.75, 3.05) is 13.1 Å². The van der Waals surface area contributed by atoms with Crippen molar-refractivity contribution in [3.63, 3.8) is 0 Å². The summed E-state index contributed by atoms with van der Waals surface area (Å²) in [5, 5.41) is 10.5. The number of rotatable bonds is 2. The Morgan fingerprint density at radius 1 is 1.50 bits per heavy atom. The Balaban J connectivity index is 2.23. The molecule has 7 heteroatoms. The van der Waals surface area contributed by atoms with Gasteiger partial charge in [-0.05, 0) is 18.4 Å². The van der Waals surface area contributed by atoms with Crippen molar-refractivity contribution >= 4 is 23.2 Å². The molecule has 1 aliphatic heterocycles. The van der Waals surface area contributed by atoms with Gasteiger partial charge >= 0.3 is 0 Å². The average Bonchev–Trinajstić information content (AvgIpc) is 2.40. The van der Waals surface area contributed by atoms with Gasteiger partial charge in [0.15, 0.2) is 0 Å². The summed E-state index contributed by atoms with van der Waals surface area (Å²) in [6.07, 6.45) is 0.761. The fourth-order valence-corrected chi connectivity index (χ4v) is 2.48. The van der Waals surface area contributed by atoms with Gasteiger partial charge < -0.3 is 4.90 Å². The number of amides is 1. The number of halogens is 2. The maximum Gasteiger partial charge on any atom is 0.273 e. The van der Waals surface area contributed by atoms with Crippen LogP contribution in [0.3, 0.4) is 0 Å². The van der Waals surface area contributed by atoms with Gasteiger partial charge in [0.05, 0.1) is 16.4 Å². The lowest BCUT2D eigenvalue weighted by molar-refractivity contribution is -0.385. The van der Waals surface area contributed by atoms with Crippen LogP contribution in [-0.4, -0.2) is 34.2 Å². The second-order valence-electron chi connectivity index (χ2n) is 4.99. The Morgan fingerprint density at radius 3 is 2.80 bits per heavy atom. The van der Waals surface area contributed by atoms with Crippen LogP contribution in [0.15, 0.2) is 18.2 Å². The molecule has 0 saturated carbocycles. The van der Waals surface area contributed by atoms with Crippen molar-refractivity contribution in [3.8, 4) is 0 Å². The van der Waals surface area contributed by atoms with E-state index < -0.39 is 22.3 Å². The maximum atomic E-state index is 13.4. The van der Waals surface area contributed by atoms with E-state index in [1.54, 1.807) is 0 Å². The van der Waals surface area contributed by atoms with Crippen molar-refractivity contribution in [2.45, 2.75) is 18.7 Å². The topological polar surface area (TPSA) is 63.5 Å². The number of benzene rings is 1. The number of hydrogen-bond donors (Lipinski definition) is 0. The van der Waals surface area contributed by atoms with Crippen LogP contribution in [-0.2, 0) is 0 Å². The van der Waals surface area contributed by atoms with Crippen molar-refractivity contribution < 1.29 is 14.1 Å². The first-order chi connectivity index (χ1) is 9.38. The van der Waals surface area contributed by atoms with E-state index >= 15 is 0 Å². The highest BCUT2D eigenvalue weighted by Crippen LogP contribution is 2.24. The molecule has 0 N–H and O–H groups in total. The number of carbonyl (C=O) groups excluding carboxylic acids is 1. The zero-order valence-corrected chi connectivity index (χ0v) is 11.6. The van der Waals surface area contributed by atoms with E-state index in [0.717, 1.165) is 24.6 Å². The molecule has 108 valence electrons. The molecule has 1 aliphatic rings. The molecule has 1 heterocycles. The lowest BCUT2D eigenvalue weighted by Gasteiger charge is -2.34. The van der Waals surface area contributed by atoms with Crippen molar-refractivity contribution in [2.24, 2.45) is 5.92 Å². The Kier molecular flexibility index (Phi) is 4.23. The molecular weight excluding hydrogens is 287 g/mol. The summed E-state index contributed by atoms with van der Waals surface area (Å²) in [7, 11) is 0. The minimum atomic E-state index is -0.796. The van der Waals surface area contributed by atoms with E-state index in [2.05, 4.69) is 0 Å². The van der Waals surface area contributed by atoms with Gasteiger partial charge in [0.1, 0.15) is 5.82 Å². The minimum absolute atomic E-state index is 0.0184. The number of hydrogen-bond acceptors (Lipinski definition) is 3. The van der Waals surface area contributed by atoms with Gasteiger partial charge in [0.2, 0.25) is 0 Å². The molecule has 0 bridgehead atoms. The van der Waals surface area contributed by atoms with Crippen LogP contribution < -0.4 is 0 Å². The number of likely N-dealkylation sites (tertiary alicyclic amines) is 1. The van der Waals surface area contributed by atoms with E-state index in [0.29, 0.717) is 19.0 Å². The van der Waals surface area contributed by atoms with Gasteiger partial charge in [-0.1, -0.05) is 6.92 Å². The SMILES string of the molecule is CC1CCN(C(=O)c2cc(F)cc([N+](=O)[O-])c2)CC1Cl. The molecule has 0 aromatic heterocycles. The van der Waals surface area contributed by atoms with Crippen molar-refractivity contribution in [1.29, 1.82) is 0 Å². The molecule has 0 aliphatic carbocycles. The lowest BCUT2D eigenvalue weighted by atomic mass is 9.98. The van der Waals surface area contributed by atoms with Gasteiger partial charge in [-0.25, -0.2) is 4.39 Å². The smallest absolute Gasteiger partial charge is 0.273 e. The Morgan fingerprint density at radius 2 is 2.20 bits per heavy atom. The normalized spacial score (nSPS) is 22.6. The van der Waals surface area contributed by atoms with Crippen molar-refractivity contribution in [3.05, 3.63) is 39.7 Å². The number of carbonyl (C=O) groups is 1. The molecule has 2 atom stereocenters. The summed E-state index contributed by atoms with van der Waals surface area (Å²) in [4.78, 5) is 23.7. The monoisotopic (exact) mass is 300 g/mol. The Hall–Kier alpha value is -1.69. The third-order valence-electron chi connectivity index (χ3n) is 3.49. The van der Waals surface area contributed by atoms with E-state index in [1.807, 2.05) is 6.92 Å². The molecule has 1 amide bonds. The van der Waals surface area contributed by atoms with Gasteiger partial charge in [0, 0.05) is 24.7 Å². The van der Waals surface area contributed by atoms with E-state index in [9.17, 15) is 19.3 Å². The lowest BCUT2D eigenvalue weighted by Crippen LogP contribution is -2.43. The molecule has 20 heavy (non-hydrogen) atoms. The number of alkyl halides is 1. The molecular formula is C13H14ClFN2O3. The quantitative estimate of drug-likeness (QED) is 0.479. The molecule has 5 nitrogen and oxygen atoms in total. The van der Waals surface area contributed by atoms with Gasteiger partial charge in [-0.15, -0.1) is 11.6 Å². The van der Waals surface area contributed by atoms with E-state index in [4.69, 9.17) is 11.6 Å². The van der Waals surface area contributed by atoms with E-state index in [-0.39, 0.29) is 10.9 Å². The molecule has 0 radical (unpaired) electrons. The molecule has 0 spiro atoms. The largest absolute Gasteiger partial charge is 0.337 e. The van der Waals surface area contributed by atoms with Crippen LogP contribution >= 0.6 is 11.6 Å². The van der Waals surface area contributed by atoms with Crippen LogP contribution in [0.4, 0.5) is 10.1 Å². The van der Waals surface area contributed by atoms with Crippen LogP contribution in [0, 0.1) is 21.8 Å². The fraction of sp³-hybridized carbons (Fsp3) is 0.462. The Labute approximate surface area is 120 Å². The third-order valence-corrected chi connectivity index (χ3v) is 4.06. The molecule has 2 unspecified atom stereocenters. The average molecular weight is 301 g/mol. The summed E-state index contributed by atoms with van der Waals surface area (Å²) < 4.78 is 13.4. The predicted octanol–water partition coefficient (Wildman–Crippen LogP) is 2.82. The van der Waals surface area contributed by atoms with Gasteiger partial charge in [0.25, 0.3) is 11.6 Å². The fourth-order valence-electron chi connectivity index (χ4n) is 2.19. The molecule has 1 saturated heterocycles. The highest BCUT2D eigenvalue weighted by Gasteiger charge is 2.28. The maximum absolute atomic E-state index is 13.4. The van der Waals surface area contributed by atoms with Crippen LogP contribution in [0.5, 0.6) is 0 Å². The standard InChI is InChI=1S/C13H14ClFN2O3/c1-8-2-3-16(7-12(8)14)13(18)9-4-10(15)6-11(5-9)17(19)20/h4-6,8,12H,2-3,7H2,1H3. The highest BCUT2D eigenvalue weighted by atomic mass is 35.5. The van der Waals surface area contributed by atoms with Crippen LogP contribution in [0.2, 0.25) is 0 Å². The number of nitro groups is 1. The zero-order chi connectivity index (χ0) is 14.9. The number of piperidine rings is 1. The molecule has 1 aromatic rings. The second-order valence-corrected chi connectivity index (χ2v) is 5.55. The molecule has 2 rings (SSSR count). The minimum Gasteiger partial charge on any atom is -0.337 e. The number of non-ortho nitro benzene ring substituents is 1. The third kappa shape index (κ3) is 3.07. The van der Waals surface area contributed by atoms with Crippen LogP contribution in [0.1, 0.15) is 23.7 Å². The number of nitrogens with zero attached hydrogens (tertiary/aromatic N) is 2. The number of nitro benzene ring substituents is 1. The first kappa shape index (κ1) is 14.7. The summed E-state index contributed by atoms with van der Waals surface area (Å²) in [6.45, 7) is 2.89. The van der Waals surface area contributed by atoms with Gasteiger partial charge in [-0.3, -0.25) is 14.9 Å². The van der Waals surface area contributed by atoms with Gasteiger partial charge in [-0.2, -0.15) is 0 Å². The first-order valence-electron chi connectivity index (χ1n) is 6.27. The Bertz CT molecular complexity index is 552. The summed E-state index contributed by atoms with van der Waals surface area (Å²) >= 11 is 6.13. The van der Waals surface area contributed by atoms with Crippen molar-refractivity contribution in [1.82, 2.24) is 4.90 Å².